The second-order valence-corrected chi connectivity index (χ2v) is 5.09. The van der Waals surface area contributed by atoms with E-state index in [1.807, 2.05) is 36.0 Å². The highest BCUT2D eigenvalue weighted by Crippen LogP contribution is 2.22. The quantitative estimate of drug-likeness (QED) is 0.670. The van der Waals surface area contributed by atoms with Crippen molar-refractivity contribution in [3.63, 3.8) is 0 Å². The molecule has 1 aromatic heterocycles. The van der Waals surface area contributed by atoms with Crippen LogP contribution in [0.1, 0.15) is 5.82 Å². The van der Waals surface area contributed by atoms with Crippen LogP contribution >= 0.6 is 22.6 Å². The summed E-state index contributed by atoms with van der Waals surface area (Å²) in [6.07, 6.45) is 5.73. The van der Waals surface area contributed by atoms with Gasteiger partial charge in [-0.3, -0.25) is 0 Å². The van der Waals surface area contributed by atoms with Crippen LogP contribution in [0.4, 0.5) is 0 Å². The first-order valence-electron chi connectivity index (χ1n) is 5.45. The summed E-state index contributed by atoms with van der Waals surface area (Å²) in [5, 5.41) is 9.27. The van der Waals surface area contributed by atoms with Crippen molar-refractivity contribution in [1.29, 1.82) is 0 Å². The van der Waals surface area contributed by atoms with Gasteiger partial charge in [0.2, 0.25) is 0 Å². The van der Waals surface area contributed by atoms with Crippen LogP contribution in [-0.4, -0.2) is 14.7 Å². The number of rotatable bonds is 3. The molecule has 3 nitrogen and oxygen atoms in total. The number of phenolic OH excluding ortho intramolecular Hbond substituents is 1. The topological polar surface area (TPSA) is 38.0 Å². The lowest BCUT2D eigenvalue weighted by Gasteiger charge is -1.96. The zero-order valence-corrected chi connectivity index (χ0v) is 12.1. The zero-order valence-electron chi connectivity index (χ0n) is 9.97. The Balaban J connectivity index is 2.40. The number of halogens is 1. The Morgan fingerprint density at radius 2 is 2.06 bits per heavy atom. The van der Waals surface area contributed by atoms with Gasteiger partial charge >= 0.3 is 0 Å². The van der Waals surface area contributed by atoms with Crippen molar-refractivity contribution >= 4 is 28.8 Å². The number of allylic oxidation sites excluding steroid dienone is 2. The lowest BCUT2D eigenvalue weighted by molar-refractivity contribution is 0.475. The third-order valence-electron chi connectivity index (χ3n) is 2.54. The highest BCUT2D eigenvalue weighted by Gasteiger charge is 2.05. The van der Waals surface area contributed by atoms with Crippen LogP contribution in [-0.2, 0) is 0 Å². The van der Waals surface area contributed by atoms with Crippen molar-refractivity contribution in [3.8, 4) is 17.0 Å². The van der Waals surface area contributed by atoms with Crippen molar-refractivity contribution in [2.45, 2.75) is 6.92 Å². The van der Waals surface area contributed by atoms with E-state index in [-0.39, 0.29) is 5.75 Å². The molecule has 1 aromatic carbocycles. The number of hydrogen-bond donors (Lipinski definition) is 1. The van der Waals surface area contributed by atoms with Crippen molar-refractivity contribution in [2.24, 2.45) is 0 Å². The minimum Gasteiger partial charge on any atom is -0.508 e. The van der Waals surface area contributed by atoms with E-state index in [0.717, 1.165) is 20.7 Å². The molecular formula is C14H13IN2O. The first kappa shape index (κ1) is 12.9. The molecule has 0 aliphatic carbocycles. The summed E-state index contributed by atoms with van der Waals surface area (Å²) in [4.78, 5) is 4.50. The van der Waals surface area contributed by atoms with Crippen molar-refractivity contribution < 1.29 is 5.11 Å². The van der Waals surface area contributed by atoms with Gasteiger partial charge in [-0.05, 0) is 53.8 Å². The standard InChI is InChI=1S/C14H13IN2O/c1-3-12(15)8-17-9-14(16-10(17)2)11-4-6-13(18)7-5-11/h3-9,18H,1H2,2H3/b12-8+. The molecule has 0 bridgehead atoms. The number of phenols is 1. The van der Waals surface area contributed by atoms with Crippen LogP contribution < -0.4 is 0 Å². The molecule has 2 rings (SSSR count). The highest BCUT2D eigenvalue weighted by atomic mass is 127. The van der Waals surface area contributed by atoms with Gasteiger partial charge in [0.1, 0.15) is 11.6 Å². The molecule has 0 amide bonds. The number of aromatic hydroxyl groups is 1. The number of imidazole rings is 1. The molecule has 0 unspecified atom stereocenters. The fourth-order valence-corrected chi connectivity index (χ4v) is 1.87. The van der Waals surface area contributed by atoms with E-state index in [0.29, 0.717) is 0 Å². The Morgan fingerprint density at radius 1 is 1.39 bits per heavy atom. The van der Waals surface area contributed by atoms with Gasteiger partial charge in [-0.2, -0.15) is 0 Å². The van der Waals surface area contributed by atoms with Gasteiger partial charge in [-0.1, -0.05) is 12.7 Å². The minimum absolute atomic E-state index is 0.260. The van der Waals surface area contributed by atoms with E-state index in [4.69, 9.17) is 0 Å². The molecule has 92 valence electrons. The van der Waals surface area contributed by atoms with Gasteiger partial charge in [-0.15, -0.1) is 0 Å². The molecule has 0 atom stereocenters. The largest absolute Gasteiger partial charge is 0.508 e. The molecular weight excluding hydrogens is 339 g/mol. The summed E-state index contributed by atoms with van der Waals surface area (Å²) in [5.74, 6) is 1.17. The summed E-state index contributed by atoms with van der Waals surface area (Å²) in [6.45, 7) is 5.68. The molecule has 4 heteroatoms. The summed E-state index contributed by atoms with van der Waals surface area (Å²) in [5.41, 5.74) is 1.87. The molecule has 0 aliphatic heterocycles. The first-order valence-corrected chi connectivity index (χ1v) is 6.52. The summed E-state index contributed by atoms with van der Waals surface area (Å²) >= 11 is 2.22. The maximum Gasteiger partial charge on any atom is 0.115 e. The van der Waals surface area contributed by atoms with E-state index in [1.165, 1.54) is 0 Å². The average Bonchev–Trinajstić information content (AvgIpc) is 2.71. The number of benzene rings is 1. The molecule has 2 aromatic rings. The molecule has 0 aliphatic rings. The second kappa shape index (κ2) is 5.39. The number of hydrogen-bond acceptors (Lipinski definition) is 2. The predicted octanol–water partition coefficient (Wildman–Crippen LogP) is 3.98. The molecule has 0 fully saturated rings. The third-order valence-corrected chi connectivity index (χ3v) is 3.26. The zero-order chi connectivity index (χ0) is 13.1. The highest BCUT2D eigenvalue weighted by molar-refractivity contribution is 14.1. The fourth-order valence-electron chi connectivity index (χ4n) is 1.57. The Morgan fingerprint density at radius 3 is 2.67 bits per heavy atom. The Bertz CT molecular complexity index is 597. The lowest BCUT2D eigenvalue weighted by Crippen LogP contribution is -1.87. The van der Waals surface area contributed by atoms with E-state index in [2.05, 4.69) is 34.2 Å². The van der Waals surface area contributed by atoms with Crippen molar-refractivity contribution in [2.75, 3.05) is 0 Å². The Hall–Kier alpha value is -1.56. The Labute approximate surface area is 120 Å². The van der Waals surface area contributed by atoms with Gasteiger partial charge in [-0.25, -0.2) is 4.98 Å². The maximum absolute atomic E-state index is 9.27. The molecule has 1 heterocycles. The smallest absolute Gasteiger partial charge is 0.115 e. The van der Waals surface area contributed by atoms with Crippen LogP contribution in [0.5, 0.6) is 5.75 Å². The average molecular weight is 352 g/mol. The van der Waals surface area contributed by atoms with Gasteiger partial charge in [0.25, 0.3) is 0 Å². The first-order chi connectivity index (χ1) is 8.60. The maximum atomic E-state index is 9.27. The van der Waals surface area contributed by atoms with Gasteiger partial charge in [0, 0.05) is 21.5 Å². The number of aromatic nitrogens is 2. The van der Waals surface area contributed by atoms with Gasteiger partial charge in [0.05, 0.1) is 5.69 Å². The van der Waals surface area contributed by atoms with Crippen LogP contribution in [0, 0.1) is 6.92 Å². The second-order valence-electron chi connectivity index (χ2n) is 3.85. The summed E-state index contributed by atoms with van der Waals surface area (Å²) < 4.78 is 3.01. The van der Waals surface area contributed by atoms with E-state index in [1.54, 1.807) is 18.2 Å². The monoisotopic (exact) mass is 352 g/mol. The van der Waals surface area contributed by atoms with Gasteiger partial charge < -0.3 is 9.67 Å². The number of aryl methyl sites for hydroxylation is 1. The molecule has 0 saturated heterocycles. The third kappa shape index (κ3) is 2.81. The van der Waals surface area contributed by atoms with Crippen LogP contribution in [0.2, 0.25) is 0 Å². The summed E-state index contributed by atoms with van der Waals surface area (Å²) in [7, 11) is 0. The molecule has 0 radical (unpaired) electrons. The normalized spacial score (nSPS) is 11.6. The number of nitrogens with zero attached hydrogens (tertiary/aromatic N) is 2. The summed E-state index contributed by atoms with van der Waals surface area (Å²) in [6, 6.07) is 7.02. The van der Waals surface area contributed by atoms with Crippen LogP contribution in [0.15, 0.2) is 46.7 Å². The fraction of sp³-hybridized carbons (Fsp3) is 0.0714. The minimum atomic E-state index is 0.260. The molecule has 0 spiro atoms. The van der Waals surface area contributed by atoms with Crippen molar-refractivity contribution in [1.82, 2.24) is 9.55 Å². The predicted molar refractivity (Wildman–Crippen MR) is 82.6 cm³/mol. The Kier molecular flexibility index (Phi) is 3.86. The SMILES string of the molecule is C=C/C(I)=C\n1cc(-c2ccc(O)cc2)nc1C. The van der Waals surface area contributed by atoms with E-state index in [9.17, 15) is 5.11 Å². The van der Waals surface area contributed by atoms with E-state index >= 15 is 0 Å². The van der Waals surface area contributed by atoms with Crippen LogP contribution in [0.3, 0.4) is 0 Å². The van der Waals surface area contributed by atoms with Crippen LogP contribution in [0.25, 0.3) is 17.5 Å². The lowest BCUT2D eigenvalue weighted by atomic mass is 10.2. The van der Waals surface area contributed by atoms with Gasteiger partial charge in [0.15, 0.2) is 0 Å². The van der Waals surface area contributed by atoms with Crippen molar-refractivity contribution in [3.05, 3.63) is 52.5 Å². The molecule has 0 saturated carbocycles. The van der Waals surface area contributed by atoms with E-state index < -0.39 is 0 Å². The molecule has 1 N–H and O–H groups in total. The molecule has 18 heavy (non-hydrogen) atoms.